The Labute approximate surface area is 184 Å². The summed E-state index contributed by atoms with van der Waals surface area (Å²) < 4.78 is 10.1. The number of aromatic nitrogens is 1. The number of nitrogens with zero attached hydrogens (tertiary/aromatic N) is 1. The van der Waals surface area contributed by atoms with Crippen LogP contribution < -0.4 is 5.32 Å². The summed E-state index contributed by atoms with van der Waals surface area (Å²) in [5.74, 6) is -2.09. The molecule has 9 nitrogen and oxygen atoms in total. The fourth-order valence-corrected chi connectivity index (χ4v) is 3.60. The maximum absolute atomic E-state index is 12.4. The van der Waals surface area contributed by atoms with Crippen molar-refractivity contribution < 1.29 is 28.7 Å². The zero-order valence-electron chi connectivity index (χ0n) is 18.1. The molecular weight excluding hydrogens is 422 g/mol. The number of amides is 2. The summed E-state index contributed by atoms with van der Waals surface area (Å²) >= 11 is 1.53. The summed E-state index contributed by atoms with van der Waals surface area (Å²) in [6, 6.07) is 3.80. The van der Waals surface area contributed by atoms with Crippen molar-refractivity contribution in [2.24, 2.45) is 0 Å². The van der Waals surface area contributed by atoms with Crippen molar-refractivity contribution in [3.05, 3.63) is 44.9 Å². The van der Waals surface area contributed by atoms with Crippen LogP contribution in [0, 0.1) is 13.8 Å². The van der Waals surface area contributed by atoms with Gasteiger partial charge in [0.1, 0.15) is 5.69 Å². The zero-order chi connectivity index (χ0) is 23.0. The molecule has 2 aromatic rings. The van der Waals surface area contributed by atoms with E-state index in [1.165, 1.54) is 16.2 Å². The second-order valence-corrected chi connectivity index (χ2v) is 7.72. The molecule has 0 aromatic carbocycles. The van der Waals surface area contributed by atoms with Gasteiger partial charge in [0, 0.05) is 17.1 Å². The number of hydrogen-bond donors (Lipinski definition) is 2. The van der Waals surface area contributed by atoms with Gasteiger partial charge in [0.05, 0.1) is 25.3 Å². The number of aryl methyl sites for hydroxylation is 1. The lowest BCUT2D eigenvalue weighted by Gasteiger charge is -2.20. The molecule has 2 amide bonds. The minimum atomic E-state index is -0.761. The second-order valence-electron chi connectivity index (χ2n) is 6.69. The third-order valence-corrected chi connectivity index (χ3v) is 5.43. The van der Waals surface area contributed by atoms with E-state index in [0.717, 1.165) is 4.88 Å². The highest BCUT2D eigenvalue weighted by Crippen LogP contribution is 2.20. The van der Waals surface area contributed by atoms with E-state index in [4.69, 9.17) is 9.47 Å². The fourth-order valence-electron chi connectivity index (χ4n) is 2.96. The molecule has 2 N–H and O–H groups in total. The number of H-pyrrole nitrogens is 1. The minimum Gasteiger partial charge on any atom is -0.462 e. The molecule has 0 unspecified atom stereocenters. The lowest BCUT2D eigenvalue weighted by molar-refractivity contribution is -0.138. The first kappa shape index (κ1) is 24.1. The summed E-state index contributed by atoms with van der Waals surface area (Å²) in [6.45, 7) is 6.92. The van der Waals surface area contributed by atoms with Crippen LogP contribution >= 0.6 is 11.3 Å². The van der Waals surface area contributed by atoms with E-state index in [-0.39, 0.29) is 36.9 Å². The van der Waals surface area contributed by atoms with Gasteiger partial charge in [0.2, 0.25) is 5.91 Å². The average Bonchev–Trinajstić information content (AvgIpc) is 3.36. The number of esters is 2. The highest BCUT2D eigenvalue weighted by atomic mass is 32.1. The van der Waals surface area contributed by atoms with Gasteiger partial charge >= 0.3 is 11.9 Å². The maximum atomic E-state index is 12.4. The number of thiophene rings is 1. The van der Waals surface area contributed by atoms with Gasteiger partial charge in [-0.1, -0.05) is 6.07 Å². The molecule has 0 bridgehead atoms. The van der Waals surface area contributed by atoms with Crippen LogP contribution in [0.3, 0.4) is 0 Å². The number of likely N-dealkylation sites (N-methyl/N-ethyl adjacent to an activating group) is 1. The van der Waals surface area contributed by atoms with Crippen LogP contribution in [-0.2, 0) is 25.6 Å². The molecule has 31 heavy (non-hydrogen) atoms. The fraction of sp³-hybridized carbons (Fsp3) is 0.429. The summed E-state index contributed by atoms with van der Waals surface area (Å²) in [7, 11) is 0. The number of carbonyl (C=O) groups is 4. The molecule has 0 fully saturated rings. The smallest absolute Gasteiger partial charge is 0.355 e. The van der Waals surface area contributed by atoms with Gasteiger partial charge < -0.3 is 24.7 Å². The quantitative estimate of drug-likeness (QED) is 0.537. The van der Waals surface area contributed by atoms with Gasteiger partial charge in [0.15, 0.2) is 6.61 Å². The number of rotatable bonds is 10. The maximum Gasteiger partial charge on any atom is 0.355 e. The standard InChI is InChI=1S/C21H27N3O6S/c1-5-24(11-16(25)22-10-15-8-7-9-31-15)17(26)12-30-21(28)19-13(3)18(14(4)23-19)20(27)29-6-2/h7-9,23H,5-6,10-12H2,1-4H3,(H,22,25). The molecule has 0 aliphatic carbocycles. The van der Waals surface area contributed by atoms with Crippen LogP contribution in [0.4, 0.5) is 0 Å². The van der Waals surface area contributed by atoms with Crippen molar-refractivity contribution in [3.63, 3.8) is 0 Å². The largest absolute Gasteiger partial charge is 0.462 e. The zero-order valence-corrected chi connectivity index (χ0v) is 18.9. The monoisotopic (exact) mass is 449 g/mol. The Morgan fingerprint density at radius 3 is 2.48 bits per heavy atom. The van der Waals surface area contributed by atoms with Crippen LogP contribution in [0.2, 0.25) is 0 Å². The van der Waals surface area contributed by atoms with Gasteiger partial charge in [-0.05, 0) is 44.7 Å². The number of ether oxygens (including phenoxy) is 2. The van der Waals surface area contributed by atoms with Crippen LogP contribution in [-0.4, -0.2) is 59.9 Å². The summed E-state index contributed by atoms with van der Waals surface area (Å²) in [6.07, 6.45) is 0. The van der Waals surface area contributed by atoms with E-state index in [9.17, 15) is 19.2 Å². The number of hydrogen-bond acceptors (Lipinski definition) is 7. The number of nitrogens with one attached hydrogen (secondary N) is 2. The molecule has 0 radical (unpaired) electrons. The third kappa shape index (κ3) is 6.42. The molecule has 0 atom stereocenters. The van der Waals surface area contributed by atoms with Crippen molar-refractivity contribution >= 4 is 35.1 Å². The molecule has 2 aromatic heterocycles. The SMILES string of the molecule is CCOC(=O)c1c(C)[nH]c(C(=O)OCC(=O)N(CC)CC(=O)NCc2cccs2)c1C. The van der Waals surface area contributed by atoms with Gasteiger partial charge in [-0.2, -0.15) is 0 Å². The third-order valence-electron chi connectivity index (χ3n) is 4.56. The number of carbonyl (C=O) groups excluding carboxylic acids is 4. The molecular formula is C21H27N3O6S. The van der Waals surface area contributed by atoms with Crippen LogP contribution in [0.5, 0.6) is 0 Å². The van der Waals surface area contributed by atoms with Crippen molar-refractivity contribution in [2.75, 3.05) is 26.3 Å². The van der Waals surface area contributed by atoms with Gasteiger partial charge in [-0.25, -0.2) is 9.59 Å². The lowest BCUT2D eigenvalue weighted by atomic mass is 10.1. The van der Waals surface area contributed by atoms with Crippen molar-refractivity contribution in [2.45, 2.75) is 34.2 Å². The summed E-state index contributed by atoms with van der Waals surface area (Å²) in [5, 5.41) is 4.67. The Morgan fingerprint density at radius 2 is 1.87 bits per heavy atom. The van der Waals surface area contributed by atoms with E-state index in [0.29, 0.717) is 17.8 Å². The molecule has 10 heteroatoms. The molecule has 168 valence electrons. The summed E-state index contributed by atoms with van der Waals surface area (Å²) in [5.41, 5.74) is 1.24. The highest BCUT2D eigenvalue weighted by Gasteiger charge is 2.25. The Balaban J connectivity index is 1.91. The van der Waals surface area contributed by atoms with E-state index < -0.39 is 24.5 Å². The second kappa shape index (κ2) is 11.3. The van der Waals surface area contributed by atoms with Crippen molar-refractivity contribution in [1.82, 2.24) is 15.2 Å². The van der Waals surface area contributed by atoms with Gasteiger partial charge in [-0.3, -0.25) is 9.59 Å². The van der Waals surface area contributed by atoms with Crippen molar-refractivity contribution in [3.8, 4) is 0 Å². The summed E-state index contributed by atoms with van der Waals surface area (Å²) in [4.78, 5) is 54.1. The molecule has 2 rings (SSSR count). The molecule has 0 aliphatic heterocycles. The highest BCUT2D eigenvalue weighted by molar-refractivity contribution is 7.09. The predicted molar refractivity (Wildman–Crippen MR) is 115 cm³/mol. The molecule has 0 saturated heterocycles. The number of aromatic amines is 1. The first-order chi connectivity index (χ1) is 14.8. The molecule has 0 saturated carbocycles. The minimum absolute atomic E-state index is 0.0880. The van der Waals surface area contributed by atoms with Crippen LogP contribution in [0.25, 0.3) is 0 Å². The van der Waals surface area contributed by atoms with E-state index in [1.807, 2.05) is 17.5 Å². The first-order valence-corrected chi connectivity index (χ1v) is 10.8. The van der Waals surface area contributed by atoms with E-state index in [2.05, 4.69) is 10.3 Å². The molecule has 2 heterocycles. The predicted octanol–water partition coefficient (Wildman–Crippen LogP) is 2.19. The van der Waals surface area contributed by atoms with Crippen molar-refractivity contribution in [1.29, 1.82) is 0 Å². The van der Waals surface area contributed by atoms with Crippen LogP contribution in [0.15, 0.2) is 17.5 Å². The molecule has 0 spiro atoms. The Bertz CT molecular complexity index is 935. The van der Waals surface area contributed by atoms with E-state index >= 15 is 0 Å². The Morgan fingerprint density at radius 1 is 1.13 bits per heavy atom. The van der Waals surface area contributed by atoms with Gasteiger partial charge in [-0.15, -0.1) is 11.3 Å². The Kier molecular flexibility index (Phi) is 8.80. The Hall–Kier alpha value is -3.14. The topological polar surface area (TPSA) is 118 Å². The average molecular weight is 450 g/mol. The first-order valence-electron chi connectivity index (χ1n) is 9.88. The van der Waals surface area contributed by atoms with Crippen LogP contribution in [0.1, 0.15) is 50.8 Å². The van der Waals surface area contributed by atoms with E-state index in [1.54, 1.807) is 27.7 Å². The normalized spacial score (nSPS) is 10.5. The lowest BCUT2D eigenvalue weighted by Crippen LogP contribution is -2.42. The molecule has 0 aliphatic rings. The van der Waals surface area contributed by atoms with Gasteiger partial charge in [0.25, 0.3) is 5.91 Å².